The fraction of sp³-hybridized carbons (Fsp3) is 0.0667. The molecule has 1 aromatic heterocycles. The molecule has 5 aromatic rings. The minimum atomic E-state index is -3.93. The van der Waals surface area contributed by atoms with E-state index in [0.717, 1.165) is 27.6 Å². The molecule has 0 fully saturated rings. The van der Waals surface area contributed by atoms with Crippen LogP contribution in [-0.2, 0) is 10.0 Å². The highest BCUT2D eigenvalue weighted by atomic mass is 32.2. The number of hydrogen-bond acceptors (Lipinski definition) is 3. The zero-order chi connectivity index (χ0) is 24.0. The van der Waals surface area contributed by atoms with Gasteiger partial charge in [0.1, 0.15) is 11.3 Å². The van der Waals surface area contributed by atoms with Crippen LogP contribution >= 0.6 is 0 Å². The molecule has 4 aromatic carbocycles. The molecular formula is C30H23NO3S. The van der Waals surface area contributed by atoms with Crippen molar-refractivity contribution in [3.05, 3.63) is 138 Å². The second kappa shape index (κ2) is 8.29. The Kier molecular flexibility index (Phi) is 5.08. The smallest absolute Gasteiger partial charge is 0.265 e. The van der Waals surface area contributed by atoms with Crippen molar-refractivity contribution in [2.75, 3.05) is 4.31 Å². The minimum absolute atomic E-state index is 0.247. The summed E-state index contributed by atoms with van der Waals surface area (Å²) in [7, 11) is -3.93. The zero-order valence-corrected chi connectivity index (χ0v) is 19.9. The molecule has 6 rings (SSSR count). The summed E-state index contributed by atoms with van der Waals surface area (Å²) in [6.07, 6.45) is 2.00. The second-order valence-corrected chi connectivity index (χ2v) is 10.5. The second-order valence-electron chi connectivity index (χ2n) is 8.69. The van der Waals surface area contributed by atoms with Crippen molar-refractivity contribution in [3.63, 3.8) is 0 Å². The summed E-state index contributed by atoms with van der Waals surface area (Å²) in [5.74, 6) is 0.556. The van der Waals surface area contributed by atoms with Gasteiger partial charge in [0, 0.05) is 11.0 Å². The summed E-state index contributed by atoms with van der Waals surface area (Å²) in [5.41, 5.74) is 4.95. The van der Waals surface area contributed by atoms with Gasteiger partial charge in [-0.1, -0.05) is 90.5 Å². The highest BCUT2D eigenvalue weighted by Gasteiger charge is 2.40. The third kappa shape index (κ3) is 3.56. The van der Waals surface area contributed by atoms with Gasteiger partial charge in [-0.25, -0.2) is 8.42 Å². The van der Waals surface area contributed by atoms with Crippen LogP contribution in [0.3, 0.4) is 0 Å². The molecule has 0 saturated heterocycles. The summed E-state index contributed by atoms with van der Waals surface area (Å²) in [4.78, 5) is 0.247. The number of furan rings is 1. The first kappa shape index (κ1) is 21.4. The first-order valence-corrected chi connectivity index (χ1v) is 12.9. The van der Waals surface area contributed by atoms with Crippen LogP contribution < -0.4 is 4.31 Å². The lowest BCUT2D eigenvalue weighted by molar-refractivity contribution is 0.576. The van der Waals surface area contributed by atoms with Crippen molar-refractivity contribution >= 4 is 32.3 Å². The Morgan fingerprint density at radius 2 is 1.37 bits per heavy atom. The Morgan fingerprint density at radius 1 is 0.743 bits per heavy atom. The molecule has 35 heavy (non-hydrogen) atoms. The van der Waals surface area contributed by atoms with Crippen LogP contribution in [0.4, 0.5) is 5.69 Å². The van der Waals surface area contributed by atoms with E-state index in [0.29, 0.717) is 17.0 Å². The van der Waals surface area contributed by atoms with Gasteiger partial charge in [0.15, 0.2) is 5.76 Å². The molecular weight excluding hydrogens is 454 g/mol. The normalized spacial score (nSPS) is 15.6. The SMILES string of the molecule is Cc1ccc(S(=O)(=O)N2c3c(oc4ccccc34)C(c3ccccc3)=C[C@@H]2c2ccccc2)cc1. The molecule has 0 amide bonds. The van der Waals surface area contributed by atoms with E-state index < -0.39 is 16.1 Å². The van der Waals surface area contributed by atoms with Gasteiger partial charge in [-0.05, 0) is 48.4 Å². The van der Waals surface area contributed by atoms with E-state index >= 15 is 0 Å². The monoisotopic (exact) mass is 477 g/mol. The van der Waals surface area contributed by atoms with Crippen LogP contribution in [0.15, 0.2) is 125 Å². The van der Waals surface area contributed by atoms with Crippen molar-refractivity contribution in [2.45, 2.75) is 17.9 Å². The van der Waals surface area contributed by atoms with E-state index in [4.69, 9.17) is 4.42 Å². The summed E-state index contributed by atoms with van der Waals surface area (Å²) in [6, 6.07) is 33.8. The maximum absolute atomic E-state index is 14.3. The first-order chi connectivity index (χ1) is 17.0. The quantitative estimate of drug-likeness (QED) is 0.277. The lowest BCUT2D eigenvalue weighted by Gasteiger charge is -2.35. The summed E-state index contributed by atoms with van der Waals surface area (Å²) >= 11 is 0. The van der Waals surface area contributed by atoms with Gasteiger partial charge in [-0.2, -0.15) is 0 Å². The third-order valence-corrected chi connectivity index (χ3v) is 8.21. The van der Waals surface area contributed by atoms with Gasteiger partial charge >= 0.3 is 0 Å². The topological polar surface area (TPSA) is 50.5 Å². The molecule has 1 aliphatic heterocycles. The van der Waals surface area contributed by atoms with Crippen LogP contribution in [0, 0.1) is 6.92 Å². The predicted molar refractivity (Wildman–Crippen MR) is 140 cm³/mol. The molecule has 4 nitrogen and oxygen atoms in total. The number of aryl methyl sites for hydroxylation is 1. The molecule has 0 spiro atoms. The Balaban J connectivity index is 1.69. The molecule has 172 valence electrons. The maximum atomic E-state index is 14.3. The van der Waals surface area contributed by atoms with Crippen molar-refractivity contribution in [3.8, 4) is 0 Å². The van der Waals surface area contributed by atoms with E-state index in [2.05, 4.69) is 0 Å². The molecule has 1 atom stereocenters. The molecule has 0 bridgehead atoms. The lowest BCUT2D eigenvalue weighted by atomic mass is 9.93. The van der Waals surface area contributed by atoms with Gasteiger partial charge in [0.2, 0.25) is 0 Å². The Labute approximate surface area is 204 Å². The van der Waals surface area contributed by atoms with E-state index in [1.807, 2.05) is 110 Å². The molecule has 0 aliphatic carbocycles. The first-order valence-electron chi connectivity index (χ1n) is 11.5. The van der Waals surface area contributed by atoms with E-state index in [-0.39, 0.29) is 4.90 Å². The van der Waals surface area contributed by atoms with Crippen LogP contribution in [0.1, 0.15) is 28.5 Å². The summed E-state index contributed by atoms with van der Waals surface area (Å²) in [5, 5.41) is 0.764. The van der Waals surface area contributed by atoms with Crippen molar-refractivity contribution in [1.29, 1.82) is 0 Å². The predicted octanol–water partition coefficient (Wildman–Crippen LogP) is 7.12. The number of para-hydroxylation sites is 1. The standard InChI is InChI=1S/C30H23NO3S/c1-21-16-18-24(19-17-21)35(32,33)31-27(23-12-6-3-7-13-23)20-26(22-10-4-2-5-11-22)30-29(31)25-14-8-9-15-28(25)34-30/h2-20,27H,1H3/t27-/m1/s1. The molecule has 0 N–H and O–H groups in total. The number of benzene rings is 4. The number of anilines is 1. The molecule has 0 unspecified atom stereocenters. The number of sulfonamides is 1. The van der Waals surface area contributed by atoms with Gasteiger partial charge in [0.05, 0.1) is 10.9 Å². The van der Waals surface area contributed by atoms with Gasteiger partial charge < -0.3 is 4.42 Å². The molecule has 0 radical (unpaired) electrons. The van der Waals surface area contributed by atoms with Crippen molar-refractivity contribution in [1.82, 2.24) is 0 Å². The van der Waals surface area contributed by atoms with Crippen LogP contribution in [0.5, 0.6) is 0 Å². The number of rotatable bonds is 4. The summed E-state index contributed by atoms with van der Waals surface area (Å²) < 4.78 is 36.4. The minimum Gasteiger partial charge on any atom is -0.454 e. The van der Waals surface area contributed by atoms with Gasteiger partial charge in [-0.3, -0.25) is 4.31 Å². The Morgan fingerprint density at radius 3 is 2.09 bits per heavy atom. The number of fused-ring (bicyclic) bond motifs is 3. The lowest BCUT2D eigenvalue weighted by Crippen LogP contribution is -2.36. The van der Waals surface area contributed by atoms with Crippen LogP contribution in [-0.4, -0.2) is 8.42 Å². The molecule has 2 heterocycles. The van der Waals surface area contributed by atoms with Crippen molar-refractivity contribution in [2.24, 2.45) is 0 Å². The third-order valence-electron chi connectivity index (χ3n) is 6.42. The number of nitrogens with zero attached hydrogens (tertiary/aromatic N) is 1. The highest BCUT2D eigenvalue weighted by molar-refractivity contribution is 7.92. The Bertz CT molecular complexity index is 1650. The zero-order valence-electron chi connectivity index (χ0n) is 19.1. The van der Waals surface area contributed by atoms with E-state index in [9.17, 15) is 8.42 Å². The fourth-order valence-corrected chi connectivity index (χ4v) is 6.30. The van der Waals surface area contributed by atoms with E-state index in [1.54, 1.807) is 12.1 Å². The van der Waals surface area contributed by atoms with Gasteiger partial charge in [-0.15, -0.1) is 0 Å². The summed E-state index contributed by atoms with van der Waals surface area (Å²) in [6.45, 7) is 1.95. The molecule has 5 heteroatoms. The average Bonchev–Trinajstić information content (AvgIpc) is 3.28. The van der Waals surface area contributed by atoms with Gasteiger partial charge in [0.25, 0.3) is 10.0 Å². The Hall–Kier alpha value is -4.09. The van der Waals surface area contributed by atoms with Crippen LogP contribution in [0.25, 0.3) is 16.5 Å². The molecule has 0 saturated carbocycles. The highest BCUT2D eigenvalue weighted by Crippen LogP contribution is 2.50. The number of hydrogen-bond donors (Lipinski definition) is 0. The molecule has 1 aliphatic rings. The van der Waals surface area contributed by atoms with Crippen LogP contribution in [0.2, 0.25) is 0 Å². The maximum Gasteiger partial charge on any atom is 0.265 e. The largest absolute Gasteiger partial charge is 0.454 e. The van der Waals surface area contributed by atoms with E-state index in [1.165, 1.54) is 4.31 Å². The van der Waals surface area contributed by atoms with Crippen molar-refractivity contribution < 1.29 is 12.8 Å². The fourth-order valence-electron chi connectivity index (χ4n) is 4.69. The average molecular weight is 478 g/mol.